The second kappa shape index (κ2) is 11.9. The summed E-state index contributed by atoms with van der Waals surface area (Å²) in [5, 5.41) is 3.74. The number of carbonyl (C=O) groups excluding carboxylic acids is 2. The Morgan fingerprint density at radius 3 is 2.59 bits per heavy atom. The third-order valence-corrected chi connectivity index (χ3v) is 4.98. The molecule has 1 amide bonds. The van der Waals surface area contributed by atoms with E-state index in [1.807, 2.05) is 4.90 Å². The number of rotatable bonds is 12. The highest BCUT2D eigenvalue weighted by Crippen LogP contribution is 2.24. The van der Waals surface area contributed by atoms with Crippen LogP contribution >= 0.6 is 11.8 Å². The van der Waals surface area contributed by atoms with E-state index in [4.69, 9.17) is 0 Å². The minimum atomic E-state index is 0.111. The first kappa shape index (κ1) is 19.5. The van der Waals surface area contributed by atoms with Crippen LogP contribution in [0.2, 0.25) is 0 Å². The number of carbonyl (C=O) groups is 2. The molecular weight excluding hydrogens is 296 g/mol. The van der Waals surface area contributed by atoms with Crippen molar-refractivity contribution in [3.8, 4) is 0 Å². The van der Waals surface area contributed by atoms with E-state index in [2.05, 4.69) is 12.2 Å². The minimum absolute atomic E-state index is 0.111. The van der Waals surface area contributed by atoms with Crippen molar-refractivity contribution in [2.45, 2.75) is 70.5 Å². The van der Waals surface area contributed by atoms with Gasteiger partial charge < -0.3 is 10.2 Å². The summed E-state index contributed by atoms with van der Waals surface area (Å²) in [6.45, 7) is 7.43. The molecule has 0 aromatic heterocycles. The lowest BCUT2D eigenvalue weighted by Crippen LogP contribution is -2.29. The molecule has 1 heterocycles. The van der Waals surface area contributed by atoms with E-state index in [1.165, 1.54) is 50.3 Å². The Bertz CT molecular complexity index is 337. The molecule has 0 spiro atoms. The summed E-state index contributed by atoms with van der Waals surface area (Å²) < 4.78 is 0. The Morgan fingerprint density at radius 2 is 1.86 bits per heavy atom. The summed E-state index contributed by atoms with van der Waals surface area (Å²) in [7, 11) is 0. The summed E-state index contributed by atoms with van der Waals surface area (Å²) in [5.41, 5.74) is 0. The van der Waals surface area contributed by atoms with Crippen LogP contribution in [-0.2, 0) is 9.59 Å². The number of nitrogens with zero attached hydrogens (tertiary/aromatic N) is 1. The van der Waals surface area contributed by atoms with Gasteiger partial charge in [-0.15, -0.1) is 0 Å². The molecule has 0 aliphatic carbocycles. The number of hydrogen-bond donors (Lipinski definition) is 1. The molecule has 0 aromatic carbocycles. The van der Waals surface area contributed by atoms with E-state index in [0.29, 0.717) is 6.42 Å². The first-order valence-electron chi connectivity index (χ1n) is 8.79. The maximum absolute atomic E-state index is 11.8. The molecule has 1 aliphatic heterocycles. The number of hydrogen-bond acceptors (Lipinski definition) is 4. The standard InChI is InChI=1S/C17H32N2O2S/c1-3-4-5-6-7-8-10-18-11-9-12-19-14-16(13-17(19)21)22-15(2)20/h16,18H,3-14H2,1-2H3. The molecule has 1 fully saturated rings. The fourth-order valence-corrected chi connectivity index (χ4v) is 3.77. The predicted octanol–water partition coefficient (Wildman–Crippen LogP) is 3.21. The lowest BCUT2D eigenvalue weighted by atomic mass is 10.1. The second-order valence-corrected chi connectivity index (χ2v) is 7.62. The first-order chi connectivity index (χ1) is 10.6. The fourth-order valence-electron chi connectivity index (χ4n) is 2.82. The van der Waals surface area contributed by atoms with Gasteiger partial charge in [0.25, 0.3) is 0 Å². The van der Waals surface area contributed by atoms with Gasteiger partial charge in [-0.05, 0) is 25.9 Å². The van der Waals surface area contributed by atoms with Gasteiger partial charge in [-0.2, -0.15) is 0 Å². The predicted molar refractivity (Wildman–Crippen MR) is 94.1 cm³/mol. The highest BCUT2D eigenvalue weighted by Gasteiger charge is 2.30. The van der Waals surface area contributed by atoms with Crippen molar-refractivity contribution in [3.05, 3.63) is 0 Å². The van der Waals surface area contributed by atoms with Crippen LogP contribution in [-0.4, -0.2) is 47.4 Å². The molecule has 0 radical (unpaired) electrons. The molecule has 128 valence electrons. The van der Waals surface area contributed by atoms with Crippen molar-refractivity contribution in [1.29, 1.82) is 0 Å². The zero-order valence-corrected chi connectivity index (χ0v) is 15.1. The summed E-state index contributed by atoms with van der Waals surface area (Å²) in [6, 6.07) is 0. The Labute approximate surface area is 139 Å². The lowest BCUT2D eigenvalue weighted by molar-refractivity contribution is -0.127. The lowest BCUT2D eigenvalue weighted by Gasteiger charge is -2.16. The average molecular weight is 329 g/mol. The van der Waals surface area contributed by atoms with Crippen molar-refractivity contribution >= 4 is 22.8 Å². The van der Waals surface area contributed by atoms with Crippen LogP contribution in [0, 0.1) is 0 Å². The van der Waals surface area contributed by atoms with Crippen LogP contribution in [0.15, 0.2) is 0 Å². The van der Waals surface area contributed by atoms with E-state index in [0.717, 1.165) is 32.6 Å². The highest BCUT2D eigenvalue weighted by atomic mass is 32.2. The molecule has 22 heavy (non-hydrogen) atoms. The average Bonchev–Trinajstić information content (AvgIpc) is 2.80. The van der Waals surface area contributed by atoms with Crippen LogP contribution in [0.4, 0.5) is 0 Å². The summed E-state index contributed by atoms with van der Waals surface area (Å²) in [5.74, 6) is 0.203. The van der Waals surface area contributed by atoms with Crippen LogP contribution in [0.25, 0.3) is 0 Å². The van der Waals surface area contributed by atoms with Crippen LogP contribution < -0.4 is 5.32 Å². The fraction of sp³-hybridized carbons (Fsp3) is 0.882. The summed E-state index contributed by atoms with van der Waals surface area (Å²) in [6.07, 6.45) is 9.49. The number of amides is 1. The third kappa shape index (κ3) is 8.79. The Morgan fingerprint density at radius 1 is 1.18 bits per heavy atom. The van der Waals surface area contributed by atoms with Gasteiger partial charge in [0.05, 0.1) is 0 Å². The summed E-state index contributed by atoms with van der Waals surface area (Å²) >= 11 is 1.31. The zero-order chi connectivity index (χ0) is 16.2. The van der Waals surface area contributed by atoms with Crippen molar-refractivity contribution in [1.82, 2.24) is 10.2 Å². The maximum atomic E-state index is 11.8. The minimum Gasteiger partial charge on any atom is -0.341 e. The van der Waals surface area contributed by atoms with Crippen LogP contribution in [0.5, 0.6) is 0 Å². The maximum Gasteiger partial charge on any atom is 0.223 e. The zero-order valence-electron chi connectivity index (χ0n) is 14.2. The van der Waals surface area contributed by atoms with Gasteiger partial charge in [0.1, 0.15) is 0 Å². The second-order valence-electron chi connectivity index (χ2n) is 6.15. The van der Waals surface area contributed by atoms with E-state index in [-0.39, 0.29) is 16.3 Å². The number of thioether (sulfide) groups is 1. The number of unbranched alkanes of at least 4 members (excludes halogenated alkanes) is 5. The molecule has 1 saturated heterocycles. The molecule has 1 unspecified atom stereocenters. The highest BCUT2D eigenvalue weighted by molar-refractivity contribution is 8.14. The quantitative estimate of drug-likeness (QED) is 0.559. The van der Waals surface area contributed by atoms with Crippen LogP contribution in [0.3, 0.4) is 0 Å². The number of likely N-dealkylation sites (tertiary alicyclic amines) is 1. The van der Waals surface area contributed by atoms with Gasteiger partial charge in [0.15, 0.2) is 5.12 Å². The van der Waals surface area contributed by atoms with Crippen molar-refractivity contribution in [2.75, 3.05) is 26.2 Å². The van der Waals surface area contributed by atoms with Gasteiger partial charge in [-0.1, -0.05) is 50.8 Å². The largest absolute Gasteiger partial charge is 0.341 e. The normalized spacial score (nSPS) is 18.2. The molecule has 1 atom stereocenters. The monoisotopic (exact) mass is 328 g/mol. The third-order valence-electron chi connectivity index (χ3n) is 4.00. The Kier molecular flexibility index (Phi) is 10.6. The van der Waals surface area contributed by atoms with E-state index >= 15 is 0 Å². The van der Waals surface area contributed by atoms with Gasteiger partial charge in [-0.25, -0.2) is 0 Å². The van der Waals surface area contributed by atoms with E-state index < -0.39 is 0 Å². The molecule has 5 heteroatoms. The number of nitrogens with one attached hydrogen (secondary N) is 1. The van der Waals surface area contributed by atoms with Crippen LogP contribution in [0.1, 0.15) is 65.2 Å². The van der Waals surface area contributed by atoms with Gasteiger partial charge in [-0.3, -0.25) is 9.59 Å². The summed E-state index contributed by atoms with van der Waals surface area (Å²) in [4.78, 5) is 24.8. The molecule has 1 N–H and O–H groups in total. The van der Waals surface area contributed by atoms with E-state index in [1.54, 1.807) is 6.92 Å². The Hall–Kier alpha value is -0.550. The van der Waals surface area contributed by atoms with Crippen molar-refractivity contribution in [2.24, 2.45) is 0 Å². The smallest absolute Gasteiger partial charge is 0.223 e. The topological polar surface area (TPSA) is 49.4 Å². The van der Waals surface area contributed by atoms with Crippen molar-refractivity contribution < 1.29 is 9.59 Å². The van der Waals surface area contributed by atoms with Gasteiger partial charge in [0.2, 0.25) is 5.91 Å². The molecule has 0 aromatic rings. The first-order valence-corrected chi connectivity index (χ1v) is 9.67. The molecular formula is C17H32N2O2S. The molecule has 4 nitrogen and oxygen atoms in total. The molecule has 1 rings (SSSR count). The van der Waals surface area contributed by atoms with E-state index in [9.17, 15) is 9.59 Å². The molecule has 0 bridgehead atoms. The Balaban J connectivity index is 1.94. The van der Waals surface area contributed by atoms with Gasteiger partial charge in [0, 0.05) is 31.7 Å². The molecule has 1 aliphatic rings. The van der Waals surface area contributed by atoms with Crippen molar-refractivity contribution in [3.63, 3.8) is 0 Å². The van der Waals surface area contributed by atoms with Gasteiger partial charge >= 0.3 is 0 Å². The SMILES string of the molecule is CCCCCCCCNCCCN1CC(SC(C)=O)CC1=O. The molecule has 0 saturated carbocycles.